The van der Waals surface area contributed by atoms with E-state index in [2.05, 4.69) is 4.90 Å². The van der Waals surface area contributed by atoms with Crippen LogP contribution >= 0.6 is 0 Å². The van der Waals surface area contributed by atoms with Gasteiger partial charge in [-0.3, -0.25) is 20.9 Å². The van der Waals surface area contributed by atoms with E-state index in [-0.39, 0.29) is 5.97 Å². The molecule has 0 saturated carbocycles. The summed E-state index contributed by atoms with van der Waals surface area (Å²) in [7, 11) is 1.39. The minimum atomic E-state index is -5.19. The van der Waals surface area contributed by atoms with Gasteiger partial charge in [-0.1, -0.05) is 12.1 Å². The molecule has 1 aliphatic heterocycles. The number of alkyl halides is 3. The molecule has 1 aromatic rings. The molecule has 8 nitrogen and oxygen atoms in total. The van der Waals surface area contributed by atoms with E-state index < -0.39 is 12.1 Å². The minimum absolute atomic E-state index is 0.305. The lowest BCUT2D eigenvalue weighted by molar-refractivity contribution is -0.526. The summed E-state index contributed by atoms with van der Waals surface area (Å²) in [5.41, 5.74) is 13.1. The molecule has 1 aliphatic rings. The first-order valence-electron chi connectivity index (χ1n) is 8.35. The number of benzene rings is 1. The van der Waals surface area contributed by atoms with E-state index in [4.69, 9.17) is 26.1 Å². The highest BCUT2D eigenvalue weighted by molar-refractivity contribution is 5.89. The predicted octanol–water partition coefficient (Wildman–Crippen LogP) is -0.737. The van der Waals surface area contributed by atoms with Crippen molar-refractivity contribution in [3.8, 4) is 0 Å². The molecule has 11 heteroatoms. The Labute approximate surface area is 160 Å². The van der Waals surface area contributed by atoms with Crippen molar-refractivity contribution in [2.45, 2.75) is 19.1 Å². The first-order valence-corrected chi connectivity index (χ1v) is 8.35. The van der Waals surface area contributed by atoms with Crippen LogP contribution in [0, 0.1) is 0 Å². The molecule has 0 unspecified atom stereocenters. The van der Waals surface area contributed by atoms with Gasteiger partial charge in [0.25, 0.3) is 0 Å². The fourth-order valence-corrected chi connectivity index (χ4v) is 2.51. The molecule has 1 aromatic carbocycles. The maximum atomic E-state index is 11.4. The Balaban J connectivity index is 0.000000480. The normalized spacial score (nSPS) is 15.1. The highest BCUT2D eigenvalue weighted by Crippen LogP contribution is 2.12. The van der Waals surface area contributed by atoms with E-state index in [1.54, 1.807) is 12.1 Å². The van der Waals surface area contributed by atoms with Crippen LogP contribution in [0.15, 0.2) is 24.3 Å². The number of carboxylic acids is 1. The molecule has 2 rings (SSSR count). The fourth-order valence-electron chi connectivity index (χ4n) is 2.51. The third kappa shape index (κ3) is 7.82. The summed E-state index contributed by atoms with van der Waals surface area (Å²) < 4.78 is 38.3. The summed E-state index contributed by atoms with van der Waals surface area (Å²) in [6.07, 6.45) is -4.15. The van der Waals surface area contributed by atoms with Crippen LogP contribution in [0.3, 0.4) is 0 Å². The van der Waals surface area contributed by atoms with E-state index in [0.29, 0.717) is 11.5 Å². The Bertz CT molecular complexity index is 701. The Morgan fingerprint density at radius 2 is 1.75 bits per heavy atom. The molecular formula is C17H23F3N4O4. The van der Waals surface area contributed by atoms with Crippen molar-refractivity contribution in [2.75, 3.05) is 33.3 Å². The van der Waals surface area contributed by atoms with Gasteiger partial charge in [0.2, 0.25) is 0 Å². The van der Waals surface area contributed by atoms with Gasteiger partial charge in [0.05, 0.1) is 25.8 Å². The van der Waals surface area contributed by atoms with E-state index >= 15 is 0 Å². The fraction of sp³-hybridized carbons (Fsp3) is 0.471. The van der Waals surface area contributed by atoms with E-state index in [9.17, 15) is 18.0 Å². The predicted molar refractivity (Wildman–Crippen MR) is 92.1 cm³/mol. The van der Waals surface area contributed by atoms with Crippen LogP contribution in [0.1, 0.15) is 22.3 Å². The number of carboxylic acid groups (broad SMARTS) is 1. The van der Waals surface area contributed by atoms with Crippen molar-refractivity contribution in [2.24, 2.45) is 11.5 Å². The van der Waals surface area contributed by atoms with Crippen LogP contribution in [0.4, 0.5) is 13.2 Å². The van der Waals surface area contributed by atoms with Crippen LogP contribution in [0.5, 0.6) is 0 Å². The summed E-state index contributed by atoms with van der Waals surface area (Å²) in [6, 6.07) is 7.55. The van der Waals surface area contributed by atoms with E-state index in [1.807, 2.05) is 16.7 Å². The second-order valence-corrected chi connectivity index (χ2v) is 6.02. The van der Waals surface area contributed by atoms with Crippen molar-refractivity contribution in [3.63, 3.8) is 0 Å². The van der Waals surface area contributed by atoms with Crippen molar-refractivity contribution < 1.29 is 37.2 Å². The van der Waals surface area contributed by atoms with E-state index in [0.717, 1.165) is 39.1 Å². The van der Waals surface area contributed by atoms with Gasteiger partial charge in [-0.2, -0.15) is 13.2 Å². The molecule has 0 atom stereocenters. The number of hydrogen-bond donors (Lipinski definition) is 2. The number of aliphatic carboxylic acids is 1. The van der Waals surface area contributed by atoms with Crippen LogP contribution in [-0.2, 0) is 16.1 Å². The van der Waals surface area contributed by atoms with Gasteiger partial charge in [0, 0.05) is 19.6 Å². The number of esters is 1. The molecule has 0 amide bonds. The molecule has 28 heavy (non-hydrogen) atoms. The molecule has 156 valence electrons. The molecule has 1 heterocycles. The van der Waals surface area contributed by atoms with Gasteiger partial charge < -0.3 is 14.6 Å². The summed E-state index contributed by atoms with van der Waals surface area (Å²) in [4.78, 5) is 22.6. The van der Waals surface area contributed by atoms with Gasteiger partial charge in [-0.25, -0.2) is 4.79 Å². The number of methoxy groups -OCH3 is 1. The number of ether oxygens (including phenoxy) is 1. The van der Waals surface area contributed by atoms with Crippen molar-refractivity contribution in [1.82, 2.24) is 4.90 Å². The molecular weight excluding hydrogens is 381 g/mol. The number of halogens is 3. The monoisotopic (exact) mass is 404 g/mol. The second kappa shape index (κ2) is 10.5. The number of nitrogens with two attached hydrogens (primary N) is 2. The third-order valence-corrected chi connectivity index (χ3v) is 3.97. The van der Waals surface area contributed by atoms with Gasteiger partial charge in [0.15, 0.2) is 0 Å². The molecule has 1 saturated heterocycles. The van der Waals surface area contributed by atoms with Crippen LogP contribution < -0.4 is 16.6 Å². The van der Waals surface area contributed by atoms with Gasteiger partial charge in [-0.05, 0) is 24.1 Å². The lowest BCUT2D eigenvalue weighted by atomic mass is 10.1. The highest BCUT2D eigenvalue weighted by atomic mass is 19.4. The molecule has 4 N–H and O–H groups in total. The number of carbonyl (C=O) groups excluding carboxylic acids is 2. The number of rotatable bonds is 3. The quantitative estimate of drug-likeness (QED) is 0.386. The Morgan fingerprint density at radius 1 is 1.18 bits per heavy atom. The van der Waals surface area contributed by atoms with Crippen molar-refractivity contribution in [1.29, 1.82) is 0 Å². The Hall–Kier alpha value is -2.82. The molecule has 0 spiro atoms. The smallest absolute Gasteiger partial charge is 0.430 e. The summed E-state index contributed by atoms with van der Waals surface area (Å²) in [6.45, 7) is 4.56. The summed E-state index contributed by atoms with van der Waals surface area (Å²) >= 11 is 0. The number of hydrogen-bond acceptors (Lipinski definition) is 5. The first kappa shape index (κ1) is 23.2. The van der Waals surface area contributed by atoms with E-state index in [1.165, 1.54) is 12.7 Å². The van der Waals surface area contributed by atoms with Crippen molar-refractivity contribution in [3.05, 3.63) is 35.4 Å². The lowest BCUT2D eigenvalue weighted by Crippen LogP contribution is -2.37. The van der Waals surface area contributed by atoms with Crippen LogP contribution in [0.25, 0.3) is 0 Å². The largest absolute Gasteiger partial charge is 0.542 e. The summed E-state index contributed by atoms with van der Waals surface area (Å²) in [5.74, 6) is -2.91. The first-order chi connectivity index (χ1) is 13.0. The minimum Gasteiger partial charge on any atom is -0.542 e. The Morgan fingerprint density at radius 3 is 2.21 bits per heavy atom. The number of nitrogens with zero attached hydrogens (tertiary/aromatic N) is 2. The van der Waals surface area contributed by atoms with Crippen molar-refractivity contribution >= 4 is 17.9 Å². The third-order valence-electron chi connectivity index (χ3n) is 3.97. The maximum absolute atomic E-state index is 11.4. The summed E-state index contributed by atoms with van der Waals surface area (Å²) in [5, 5.41) is 8.78. The van der Waals surface area contributed by atoms with Gasteiger partial charge >= 0.3 is 18.1 Å². The van der Waals surface area contributed by atoms with Gasteiger partial charge in [0.1, 0.15) is 5.97 Å². The Kier molecular flexibility index (Phi) is 8.71. The molecule has 0 aromatic heterocycles. The lowest BCUT2D eigenvalue weighted by Gasteiger charge is -2.18. The number of guanidine groups is 1. The topological polar surface area (TPSA) is 125 Å². The SMILES string of the molecule is COC(=O)c1ccc(CN2CCC[N+](=C(N)N)CC2)cc1.O=C([O-])C(F)(F)F. The molecule has 0 radical (unpaired) electrons. The second-order valence-electron chi connectivity index (χ2n) is 6.02. The molecule has 1 fully saturated rings. The zero-order chi connectivity index (χ0) is 21.3. The zero-order valence-electron chi connectivity index (χ0n) is 15.4. The average Bonchev–Trinajstić information content (AvgIpc) is 2.87. The van der Waals surface area contributed by atoms with Gasteiger partial charge in [-0.15, -0.1) is 0 Å². The standard InChI is InChI=1S/C15H22N4O2.C2HF3O2/c1-21-14(20)13-5-3-12(4-6-13)11-18-7-2-8-19(10-9-18)15(16)17;3-2(4,5)1(6)7/h3-6H,2,7-11H2,1H3,(H3,16,17);(H,6,7). The zero-order valence-corrected chi connectivity index (χ0v) is 15.4. The molecule has 0 aliphatic carbocycles. The highest BCUT2D eigenvalue weighted by Gasteiger charge is 2.28. The number of carbonyl (C=O) groups is 2. The molecule has 0 bridgehead atoms. The maximum Gasteiger partial charge on any atom is 0.430 e. The van der Waals surface area contributed by atoms with Crippen LogP contribution in [0.2, 0.25) is 0 Å². The average molecular weight is 404 g/mol. The van der Waals surface area contributed by atoms with Crippen LogP contribution in [-0.4, -0.2) is 66.8 Å².